The smallest absolute Gasteiger partial charge is 0.254 e. The zero-order valence-electron chi connectivity index (χ0n) is 11.4. The molecule has 2 heterocycles. The maximum atomic E-state index is 13.6. The first-order valence-corrected chi connectivity index (χ1v) is 6.62. The second kappa shape index (κ2) is 6.10. The summed E-state index contributed by atoms with van der Waals surface area (Å²) in [4.78, 5) is 12.1. The number of hydrogen-bond donors (Lipinski definition) is 2. The van der Waals surface area contributed by atoms with E-state index >= 15 is 0 Å². The number of H-pyrrole nitrogens is 1. The van der Waals surface area contributed by atoms with Crippen molar-refractivity contribution in [2.24, 2.45) is 0 Å². The molecule has 0 unspecified atom stereocenters. The minimum Gasteiger partial charge on any atom is -0.482 e. The minimum atomic E-state index is -0.787. The standard InChI is InChI=1S/C14H13F2N3O3/c15-8-1-2-11(16)10(3-8)14(20)19-12-6-21-7-13(12)22-9-4-17-18-5-9/h1-5,12-13H,6-7H2,(H,17,18)(H,19,20)/t12-,13+/m0/s1. The molecule has 1 aliphatic heterocycles. The Hall–Kier alpha value is -2.48. The third-order valence-corrected chi connectivity index (χ3v) is 3.28. The molecule has 2 aromatic rings. The first-order chi connectivity index (χ1) is 10.6. The van der Waals surface area contributed by atoms with Crippen molar-refractivity contribution in [2.75, 3.05) is 13.2 Å². The zero-order valence-corrected chi connectivity index (χ0v) is 11.4. The molecule has 0 aliphatic carbocycles. The van der Waals surface area contributed by atoms with Gasteiger partial charge in [0.1, 0.15) is 17.7 Å². The number of aromatic amines is 1. The lowest BCUT2D eigenvalue weighted by molar-refractivity contribution is 0.0899. The lowest BCUT2D eigenvalue weighted by atomic mass is 10.1. The molecule has 1 aliphatic rings. The SMILES string of the molecule is O=C(N[C@H]1COC[C@H]1Oc1cn[nH]c1)c1cc(F)ccc1F. The van der Waals surface area contributed by atoms with E-state index in [4.69, 9.17) is 9.47 Å². The largest absolute Gasteiger partial charge is 0.482 e. The second-order valence-electron chi connectivity index (χ2n) is 4.83. The monoisotopic (exact) mass is 309 g/mol. The van der Waals surface area contributed by atoms with Crippen LogP contribution in [0.4, 0.5) is 8.78 Å². The molecular weight excluding hydrogens is 296 g/mol. The molecule has 0 radical (unpaired) electrons. The fourth-order valence-corrected chi connectivity index (χ4v) is 2.18. The van der Waals surface area contributed by atoms with E-state index in [1.165, 1.54) is 6.20 Å². The van der Waals surface area contributed by atoms with Crippen molar-refractivity contribution in [1.82, 2.24) is 15.5 Å². The predicted octanol–water partition coefficient (Wildman–Crippen LogP) is 1.26. The summed E-state index contributed by atoms with van der Waals surface area (Å²) in [5.41, 5.74) is -0.353. The number of nitrogens with one attached hydrogen (secondary N) is 2. The van der Waals surface area contributed by atoms with Gasteiger partial charge < -0.3 is 14.8 Å². The van der Waals surface area contributed by atoms with Crippen molar-refractivity contribution in [3.05, 3.63) is 47.8 Å². The molecule has 1 aromatic carbocycles. The summed E-state index contributed by atoms with van der Waals surface area (Å²) >= 11 is 0. The van der Waals surface area contributed by atoms with Crippen LogP contribution in [0.25, 0.3) is 0 Å². The highest BCUT2D eigenvalue weighted by atomic mass is 19.1. The van der Waals surface area contributed by atoms with Gasteiger partial charge in [0.2, 0.25) is 0 Å². The van der Waals surface area contributed by atoms with Gasteiger partial charge in [-0.2, -0.15) is 5.10 Å². The highest BCUT2D eigenvalue weighted by molar-refractivity contribution is 5.94. The van der Waals surface area contributed by atoms with E-state index in [2.05, 4.69) is 15.5 Å². The van der Waals surface area contributed by atoms with Gasteiger partial charge in [0.25, 0.3) is 5.91 Å². The molecule has 0 saturated carbocycles. The molecule has 1 fully saturated rings. The number of halogens is 2. The van der Waals surface area contributed by atoms with Crippen LogP contribution in [0.3, 0.4) is 0 Å². The van der Waals surface area contributed by atoms with Gasteiger partial charge in [-0.25, -0.2) is 8.78 Å². The Kier molecular flexibility index (Phi) is 4.01. The topological polar surface area (TPSA) is 76.2 Å². The summed E-state index contributed by atoms with van der Waals surface area (Å²) in [5.74, 6) is -1.68. The number of benzene rings is 1. The van der Waals surface area contributed by atoms with Crippen LogP contribution in [-0.2, 0) is 4.74 Å². The Labute approximate surface area is 124 Å². The van der Waals surface area contributed by atoms with Crippen molar-refractivity contribution in [1.29, 1.82) is 0 Å². The van der Waals surface area contributed by atoms with E-state index in [0.29, 0.717) is 5.75 Å². The predicted molar refractivity (Wildman–Crippen MR) is 71.4 cm³/mol. The van der Waals surface area contributed by atoms with E-state index in [1.807, 2.05) is 0 Å². The average molecular weight is 309 g/mol. The van der Waals surface area contributed by atoms with Gasteiger partial charge in [-0.15, -0.1) is 0 Å². The van der Waals surface area contributed by atoms with Crippen molar-refractivity contribution in [3.63, 3.8) is 0 Å². The molecular formula is C14H13F2N3O3. The Morgan fingerprint density at radius 1 is 1.41 bits per heavy atom. The Bertz CT molecular complexity index is 663. The molecule has 2 atom stereocenters. The molecule has 116 valence electrons. The van der Waals surface area contributed by atoms with Crippen LogP contribution >= 0.6 is 0 Å². The molecule has 0 spiro atoms. The van der Waals surface area contributed by atoms with E-state index in [-0.39, 0.29) is 18.8 Å². The van der Waals surface area contributed by atoms with E-state index < -0.39 is 29.7 Å². The highest BCUT2D eigenvalue weighted by Crippen LogP contribution is 2.16. The van der Waals surface area contributed by atoms with E-state index in [1.54, 1.807) is 6.20 Å². The average Bonchev–Trinajstić information content (AvgIpc) is 3.15. The first kappa shape index (κ1) is 14.5. The zero-order chi connectivity index (χ0) is 15.5. The van der Waals surface area contributed by atoms with Crippen LogP contribution in [0.5, 0.6) is 5.75 Å². The van der Waals surface area contributed by atoms with Crippen molar-refractivity contribution in [2.45, 2.75) is 12.1 Å². The number of amides is 1. The number of nitrogens with zero attached hydrogens (tertiary/aromatic N) is 1. The molecule has 1 amide bonds. The van der Waals surface area contributed by atoms with E-state index in [0.717, 1.165) is 18.2 Å². The van der Waals surface area contributed by atoms with Gasteiger partial charge in [-0.1, -0.05) is 0 Å². The second-order valence-corrected chi connectivity index (χ2v) is 4.83. The highest BCUT2D eigenvalue weighted by Gasteiger charge is 2.32. The van der Waals surface area contributed by atoms with Gasteiger partial charge in [0.15, 0.2) is 5.75 Å². The molecule has 0 bridgehead atoms. The quantitative estimate of drug-likeness (QED) is 0.891. The maximum absolute atomic E-state index is 13.6. The van der Waals surface area contributed by atoms with Crippen LogP contribution < -0.4 is 10.1 Å². The molecule has 6 nitrogen and oxygen atoms in total. The third-order valence-electron chi connectivity index (χ3n) is 3.28. The maximum Gasteiger partial charge on any atom is 0.254 e. The number of aromatic nitrogens is 2. The van der Waals surface area contributed by atoms with Gasteiger partial charge in [-0.05, 0) is 18.2 Å². The van der Waals surface area contributed by atoms with E-state index in [9.17, 15) is 13.6 Å². The Morgan fingerprint density at radius 2 is 2.27 bits per heavy atom. The summed E-state index contributed by atoms with van der Waals surface area (Å²) in [5, 5.41) is 8.95. The third kappa shape index (κ3) is 3.06. The Morgan fingerprint density at radius 3 is 3.05 bits per heavy atom. The summed E-state index contributed by atoms with van der Waals surface area (Å²) in [6.07, 6.45) is 2.62. The van der Waals surface area contributed by atoms with Crippen LogP contribution in [-0.4, -0.2) is 41.5 Å². The molecule has 1 aromatic heterocycles. The molecule has 1 saturated heterocycles. The first-order valence-electron chi connectivity index (χ1n) is 6.62. The number of rotatable bonds is 4. The number of carbonyl (C=O) groups is 1. The van der Waals surface area contributed by atoms with Crippen LogP contribution in [0, 0.1) is 11.6 Å². The van der Waals surface area contributed by atoms with Crippen molar-refractivity contribution < 1.29 is 23.0 Å². The summed E-state index contributed by atoms with van der Waals surface area (Å²) in [7, 11) is 0. The molecule has 3 rings (SSSR count). The molecule has 22 heavy (non-hydrogen) atoms. The van der Waals surface area contributed by atoms with Gasteiger partial charge in [-0.3, -0.25) is 9.89 Å². The van der Waals surface area contributed by atoms with Crippen molar-refractivity contribution in [3.8, 4) is 5.75 Å². The van der Waals surface area contributed by atoms with Gasteiger partial charge >= 0.3 is 0 Å². The Balaban J connectivity index is 1.68. The summed E-state index contributed by atoms with van der Waals surface area (Å²) < 4.78 is 37.6. The van der Waals surface area contributed by atoms with Gasteiger partial charge in [0, 0.05) is 0 Å². The fraction of sp³-hybridized carbons (Fsp3) is 0.286. The van der Waals surface area contributed by atoms with Gasteiger partial charge in [0.05, 0.1) is 37.2 Å². The van der Waals surface area contributed by atoms with Crippen LogP contribution in [0.2, 0.25) is 0 Å². The normalized spacial score (nSPS) is 20.8. The molecule has 8 heteroatoms. The minimum absolute atomic E-state index is 0.227. The number of ether oxygens (including phenoxy) is 2. The lowest BCUT2D eigenvalue weighted by Crippen LogP contribution is -2.45. The summed E-state index contributed by atoms with van der Waals surface area (Å²) in [6.45, 7) is 0.507. The number of hydrogen-bond acceptors (Lipinski definition) is 4. The number of carbonyl (C=O) groups excluding carboxylic acids is 1. The fourth-order valence-electron chi connectivity index (χ4n) is 2.18. The van der Waals surface area contributed by atoms with Crippen LogP contribution in [0.15, 0.2) is 30.6 Å². The molecule has 2 N–H and O–H groups in total. The van der Waals surface area contributed by atoms with Crippen LogP contribution in [0.1, 0.15) is 10.4 Å². The van der Waals surface area contributed by atoms with Crippen molar-refractivity contribution >= 4 is 5.91 Å². The summed E-state index contributed by atoms with van der Waals surface area (Å²) in [6, 6.07) is 2.25. The lowest BCUT2D eigenvalue weighted by Gasteiger charge is -2.19.